The maximum atomic E-state index is 14.3. The largest absolute Gasteiger partial charge is 0.481 e. The summed E-state index contributed by atoms with van der Waals surface area (Å²) in [7, 11) is 0. The number of rotatable bonds is 53. The van der Waals surface area contributed by atoms with Crippen LogP contribution in [0, 0.1) is 0 Å². The van der Waals surface area contributed by atoms with E-state index in [0.29, 0.717) is 103 Å². The van der Waals surface area contributed by atoms with Crippen LogP contribution in [0.25, 0.3) is 0 Å². The van der Waals surface area contributed by atoms with E-state index in [1.165, 1.54) is 0 Å². The van der Waals surface area contributed by atoms with Crippen LogP contribution >= 0.6 is 0 Å². The van der Waals surface area contributed by atoms with Crippen molar-refractivity contribution in [3.05, 3.63) is 0 Å². The normalized spacial score (nSPS) is 14.2. The molecular formula is C54H104N18O14. The second-order valence-corrected chi connectivity index (χ2v) is 21.1. The van der Waals surface area contributed by atoms with E-state index in [-0.39, 0.29) is 90.5 Å². The summed E-state index contributed by atoms with van der Waals surface area (Å²) in [6.07, 6.45) is 4.79. The molecule has 0 saturated carbocycles. The fraction of sp³-hybridized carbons (Fsp3) is 0.778. The summed E-state index contributed by atoms with van der Waals surface area (Å²) in [4.78, 5) is 159. The third-order valence-electron chi connectivity index (χ3n) is 13.8. The quantitative estimate of drug-likeness (QED) is 0.0253. The molecule has 0 aliphatic rings. The summed E-state index contributed by atoms with van der Waals surface area (Å²) in [5.41, 5.74) is 51.2. The van der Waals surface area contributed by atoms with Crippen molar-refractivity contribution in [2.45, 2.75) is 215 Å². The van der Waals surface area contributed by atoms with Crippen LogP contribution in [0.15, 0.2) is 0 Å². The van der Waals surface area contributed by atoms with Crippen molar-refractivity contribution in [2.24, 2.45) is 51.6 Å². The fourth-order valence-electron chi connectivity index (χ4n) is 8.74. The zero-order chi connectivity index (χ0) is 64.8. The first-order valence-electron chi connectivity index (χ1n) is 30.1. The molecule has 29 N–H and O–H groups in total. The van der Waals surface area contributed by atoms with E-state index >= 15 is 0 Å². The van der Waals surface area contributed by atoms with Gasteiger partial charge in [0.1, 0.15) is 48.3 Å². The van der Waals surface area contributed by atoms with Crippen LogP contribution in [-0.4, -0.2) is 188 Å². The third kappa shape index (κ3) is 36.3. The van der Waals surface area contributed by atoms with E-state index in [9.17, 15) is 67.7 Å². The molecule has 0 spiro atoms. The van der Waals surface area contributed by atoms with Gasteiger partial charge < -0.3 is 110 Å². The Hall–Kier alpha value is -6.68. The lowest BCUT2D eigenvalue weighted by Gasteiger charge is -2.27. The molecule has 494 valence electrons. The van der Waals surface area contributed by atoms with Gasteiger partial charge in [0.15, 0.2) is 0 Å². The molecule has 32 nitrogen and oxygen atoms in total. The van der Waals surface area contributed by atoms with Gasteiger partial charge in [0.2, 0.25) is 59.1 Å². The van der Waals surface area contributed by atoms with Gasteiger partial charge in [0.25, 0.3) is 0 Å². The highest BCUT2D eigenvalue weighted by atomic mass is 16.4. The average Bonchev–Trinajstić information content (AvgIpc) is 3.60. The summed E-state index contributed by atoms with van der Waals surface area (Å²) in [6.45, 7) is 1.12. The summed E-state index contributed by atoms with van der Waals surface area (Å²) in [6, 6.07) is -11.7. The van der Waals surface area contributed by atoms with Crippen LogP contribution in [0.4, 0.5) is 0 Å². The number of carbonyl (C=O) groups excluding carboxylic acids is 10. The molecule has 0 unspecified atom stereocenters. The van der Waals surface area contributed by atoms with Gasteiger partial charge in [-0.2, -0.15) is 0 Å². The molecule has 10 amide bonds. The van der Waals surface area contributed by atoms with Gasteiger partial charge in [-0.25, -0.2) is 4.79 Å². The minimum absolute atomic E-state index is 0.00171. The zero-order valence-corrected chi connectivity index (χ0v) is 50.0. The van der Waals surface area contributed by atoms with Crippen LogP contribution in [0.5, 0.6) is 0 Å². The van der Waals surface area contributed by atoms with E-state index in [1.807, 2.05) is 0 Å². The molecule has 0 aliphatic heterocycles. The molecule has 32 heteroatoms. The second-order valence-electron chi connectivity index (χ2n) is 21.1. The van der Waals surface area contributed by atoms with E-state index < -0.39 is 145 Å². The number of aliphatic carboxylic acids is 2. The molecule has 0 aromatic heterocycles. The fourth-order valence-corrected chi connectivity index (χ4v) is 8.74. The topological polar surface area (TPSA) is 588 Å². The van der Waals surface area contributed by atoms with Gasteiger partial charge in [-0.3, -0.25) is 52.7 Å². The molecule has 0 saturated heterocycles. The standard InChI is InChI=1S/C54H104N18O14/c55-26-8-1-15-34(62)46(77)66-36(17-3-10-28-57)49(80)68-37(18-4-11-29-58)50(81)69-38(19-5-12-30-59)51(82)70-39(20-6-13-31-60)52(83)71-41(23-25-45(75)76)47(78)64-33-44(74)65-35(16-2-9-27-56)48(79)67-40(21-7-14-32-61)53(84)72-42(54(85)86)22-24-43(63)73/h34-42H,1-33,55-62H2,(H2,63,73)(H,64,78)(H,65,74)(H,66,77)(H,67,79)(H,68,80)(H,69,81)(H,70,82)(H,71,83)(H,72,84)(H,75,76)(H,85,86)/t34-,35-,36-,37-,38-,39-,40-,41-,42-/m0/s1. The number of amides is 10. The Morgan fingerprint density at radius 1 is 0.302 bits per heavy atom. The van der Waals surface area contributed by atoms with Crippen LogP contribution in [0.2, 0.25) is 0 Å². The van der Waals surface area contributed by atoms with Gasteiger partial charge >= 0.3 is 11.9 Å². The summed E-state index contributed by atoms with van der Waals surface area (Å²) < 4.78 is 0. The van der Waals surface area contributed by atoms with E-state index in [0.717, 1.165) is 0 Å². The molecule has 0 aromatic rings. The van der Waals surface area contributed by atoms with Crippen LogP contribution in [0.3, 0.4) is 0 Å². The van der Waals surface area contributed by atoms with Gasteiger partial charge in [-0.1, -0.05) is 6.42 Å². The molecule has 0 rings (SSSR count). The van der Waals surface area contributed by atoms with Crippen LogP contribution in [0.1, 0.15) is 161 Å². The number of nitrogens with two attached hydrogens (primary N) is 9. The zero-order valence-electron chi connectivity index (χ0n) is 50.0. The second kappa shape index (κ2) is 48.4. The van der Waals surface area contributed by atoms with Crippen molar-refractivity contribution in [1.82, 2.24) is 47.9 Å². The number of hydrogen-bond donors (Lipinski definition) is 20. The molecule has 0 aliphatic carbocycles. The maximum Gasteiger partial charge on any atom is 0.326 e. The Balaban J connectivity index is 6.71. The highest BCUT2D eigenvalue weighted by Crippen LogP contribution is 2.12. The number of carbonyl (C=O) groups is 12. The SMILES string of the molecule is NCCCC[C@H](NC(=O)CNC(=O)[C@H](CCC(=O)O)NC(=O)[C@H](CCCCN)NC(=O)[C@H](CCCCN)NC(=O)[C@H](CCCCN)NC(=O)[C@H](CCCCN)NC(=O)[C@@H](N)CCCCN)C(=O)N[C@@H](CCCCN)C(=O)N[C@@H](CCC(N)=O)C(=O)O. The van der Waals surface area contributed by atoms with Crippen molar-refractivity contribution >= 4 is 71.0 Å². The number of hydrogen-bond acceptors (Lipinski definition) is 20. The lowest BCUT2D eigenvalue weighted by molar-refractivity contribution is -0.142. The Morgan fingerprint density at radius 2 is 0.558 bits per heavy atom. The Labute approximate surface area is 504 Å². The number of nitrogens with one attached hydrogen (secondary N) is 9. The predicted octanol–water partition coefficient (Wildman–Crippen LogP) is -5.57. The van der Waals surface area contributed by atoms with E-state index in [1.54, 1.807) is 0 Å². The first-order valence-corrected chi connectivity index (χ1v) is 30.1. The molecule has 0 fully saturated rings. The monoisotopic (exact) mass is 1230 g/mol. The molecule has 0 heterocycles. The van der Waals surface area contributed by atoms with Crippen LogP contribution in [-0.2, 0) is 57.5 Å². The first kappa shape index (κ1) is 79.3. The number of carboxylic acids is 2. The third-order valence-corrected chi connectivity index (χ3v) is 13.8. The maximum absolute atomic E-state index is 14.3. The molecule has 0 aromatic carbocycles. The highest BCUT2D eigenvalue weighted by Gasteiger charge is 2.34. The Bertz CT molecular complexity index is 2080. The van der Waals surface area contributed by atoms with Gasteiger partial charge in [-0.05, 0) is 187 Å². The molecule has 86 heavy (non-hydrogen) atoms. The van der Waals surface area contributed by atoms with Crippen molar-refractivity contribution < 1.29 is 67.7 Å². The minimum atomic E-state index is -1.61. The van der Waals surface area contributed by atoms with Crippen molar-refractivity contribution in [3.8, 4) is 0 Å². The van der Waals surface area contributed by atoms with Crippen molar-refractivity contribution in [2.75, 3.05) is 52.4 Å². The minimum Gasteiger partial charge on any atom is -0.481 e. The van der Waals surface area contributed by atoms with Crippen molar-refractivity contribution in [3.63, 3.8) is 0 Å². The van der Waals surface area contributed by atoms with E-state index in [2.05, 4.69) is 47.9 Å². The summed E-state index contributed by atoms with van der Waals surface area (Å²) in [5.74, 6) is -11.0. The first-order chi connectivity index (χ1) is 41.0. The lowest BCUT2D eigenvalue weighted by Crippen LogP contribution is -2.59. The predicted molar refractivity (Wildman–Crippen MR) is 320 cm³/mol. The average molecular weight is 1230 g/mol. The van der Waals surface area contributed by atoms with E-state index in [4.69, 9.17) is 51.6 Å². The summed E-state index contributed by atoms with van der Waals surface area (Å²) in [5, 5.41) is 42.3. The van der Waals surface area contributed by atoms with Gasteiger partial charge in [0.05, 0.1) is 12.6 Å². The summed E-state index contributed by atoms with van der Waals surface area (Å²) >= 11 is 0. The van der Waals surface area contributed by atoms with Gasteiger partial charge in [0, 0.05) is 12.8 Å². The molecule has 9 atom stereocenters. The molecule has 0 bridgehead atoms. The molecular weight excluding hydrogens is 1120 g/mol. The number of primary amides is 1. The lowest BCUT2D eigenvalue weighted by atomic mass is 10.0. The highest BCUT2D eigenvalue weighted by molar-refractivity contribution is 5.98. The Morgan fingerprint density at radius 3 is 0.837 bits per heavy atom. The van der Waals surface area contributed by atoms with Gasteiger partial charge in [-0.15, -0.1) is 0 Å². The van der Waals surface area contributed by atoms with Crippen molar-refractivity contribution in [1.29, 1.82) is 0 Å². The molecule has 0 radical (unpaired) electrons. The number of unbranched alkanes of at least 4 members (excludes halogenated alkanes) is 7. The Kier molecular flexibility index (Phi) is 44.7. The van der Waals surface area contributed by atoms with Crippen LogP contribution < -0.4 is 99.5 Å². The smallest absolute Gasteiger partial charge is 0.326 e. The number of carboxylic acid groups (broad SMARTS) is 2.